The lowest BCUT2D eigenvalue weighted by Crippen LogP contribution is -2.12. The summed E-state index contributed by atoms with van der Waals surface area (Å²) >= 11 is 1.65. The Morgan fingerprint density at radius 2 is 1.56 bits per heavy atom. The summed E-state index contributed by atoms with van der Waals surface area (Å²) in [7, 11) is 1.84. The first-order valence-corrected chi connectivity index (χ1v) is 12.4. The number of hydrogen-bond acceptors (Lipinski definition) is 2. The molecule has 0 heterocycles. The molecule has 3 rings (SSSR count). The highest BCUT2D eigenvalue weighted by molar-refractivity contribution is 7.94. The topological polar surface area (TPSA) is 9.23 Å². The summed E-state index contributed by atoms with van der Waals surface area (Å²) in [6.45, 7) is 4.70. The SMILES string of the molecule is CCCC(CC)c1cc(C2CCCCC2)cc(C2CCCCC2)c1SOC. The second-order valence-corrected chi connectivity index (χ2v) is 9.75. The molecule has 2 aliphatic carbocycles. The molecule has 152 valence electrons. The fourth-order valence-corrected chi connectivity index (χ4v) is 6.31. The Hall–Kier alpha value is -0.470. The van der Waals surface area contributed by atoms with Gasteiger partial charge < -0.3 is 4.18 Å². The third kappa shape index (κ3) is 5.32. The van der Waals surface area contributed by atoms with Gasteiger partial charge in [0.2, 0.25) is 0 Å². The van der Waals surface area contributed by atoms with Crippen molar-refractivity contribution in [3.8, 4) is 0 Å². The van der Waals surface area contributed by atoms with Gasteiger partial charge >= 0.3 is 0 Å². The maximum atomic E-state index is 5.67. The van der Waals surface area contributed by atoms with Gasteiger partial charge in [0.25, 0.3) is 0 Å². The molecule has 0 bridgehead atoms. The van der Waals surface area contributed by atoms with Crippen molar-refractivity contribution in [3.63, 3.8) is 0 Å². The molecule has 2 saturated carbocycles. The first-order chi connectivity index (χ1) is 13.3. The minimum Gasteiger partial charge on any atom is -0.314 e. The van der Waals surface area contributed by atoms with Gasteiger partial charge in [-0.05, 0) is 73.0 Å². The molecular weight excluding hydrogens is 348 g/mol. The van der Waals surface area contributed by atoms with Crippen LogP contribution >= 0.6 is 12.0 Å². The maximum Gasteiger partial charge on any atom is 0.0508 e. The lowest BCUT2D eigenvalue weighted by molar-refractivity contribution is 0.428. The number of benzene rings is 1. The van der Waals surface area contributed by atoms with Crippen molar-refractivity contribution in [3.05, 3.63) is 28.8 Å². The maximum absolute atomic E-state index is 5.67. The average Bonchev–Trinajstić information content (AvgIpc) is 2.73. The molecule has 0 saturated heterocycles. The minimum atomic E-state index is 0.679. The van der Waals surface area contributed by atoms with E-state index >= 15 is 0 Å². The highest BCUT2D eigenvalue weighted by atomic mass is 32.2. The van der Waals surface area contributed by atoms with Crippen LogP contribution in [0.3, 0.4) is 0 Å². The standard InChI is InChI=1S/C25H40OS/c1-4-12-19(5-2)23-17-22(20-13-8-6-9-14-20)18-24(25(23)27-26-3)21-15-10-7-11-16-21/h17-21H,4-16H2,1-3H3. The van der Waals surface area contributed by atoms with Crippen molar-refractivity contribution in [1.29, 1.82) is 0 Å². The summed E-state index contributed by atoms with van der Waals surface area (Å²) in [6.07, 6.45) is 17.8. The first kappa shape index (κ1) is 21.2. The van der Waals surface area contributed by atoms with Crippen molar-refractivity contribution in [2.24, 2.45) is 0 Å². The normalized spacial score (nSPS) is 20.7. The van der Waals surface area contributed by atoms with Gasteiger partial charge in [0.1, 0.15) is 0 Å². The van der Waals surface area contributed by atoms with Crippen molar-refractivity contribution in [1.82, 2.24) is 0 Å². The summed E-state index contributed by atoms with van der Waals surface area (Å²) < 4.78 is 5.67. The van der Waals surface area contributed by atoms with E-state index in [0.29, 0.717) is 5.92 Å². The Bertz CT molecular complexity index is 544. The summed E-state index contributed by atoms with van der Waals surface area (Å²) in [5.41, 5.74) is 4.89. The van der Waals surface area contributed by atoms with Crippen LogP contribution in [0.15, 0.2) is 17.0 Å². The van der Waals surface area contributed by atoms with Crippen molar-refractivity contribution >= 4 is 12.0 Å². The van der Waals surface area contributed by atoms with E-state index in [0.717, 1.165) is 11.8 Å². The quantitative estimate of drug-likeness (QED) is 0.412. The summed E-state index contributed by atoms with van der Waals surface area (Å²) in [5, 5.41) is 0. The van der Waals surface area contributed by atoms with E-state index in [1.165, 1.54) is 88.4 Å². The smallest absolute Gasteiger partial charge is 0.0508 e. The molecule has 27 heavy (non-hydrogen) atoms. The Morgan fingerprint density at radius 1 is 0.926 bits per heavy atom. The highest BCUT2D eigenvalue weighted by Gasteiger charge is 2.26. The number of rotatable bonds is 8. The molecule has 0 amide bonds. The van der Waals surface area contributed by atoms with Gasteiger partial charge in [0.15, 0.2) is 0 Å². The van der Waals surface area contributed by atoms with Crippen LogP contribution in [-0.4, -0.2) is 7.11 Å². The molecule has 2 fully saturated rings. The van der Waals surface area contributed by atoms with Crippen LogP contribution in [0.1, 0.15) is 132 Å². The zero-order valence-corrected chi connectivity index (χ0v) is 18.7. The van der Waals surface area contributed by atoms with Crippen LogP contribution in [0.4, 0.5) is 0 Å². The van der Waals surface area contributed by atoms with Gasteiger partial charge in [-0.25, -0.2) is 0 Å². The van der Waals surface area contributed by atoms with Crippen LogP contribution in [0.25, 0.3) is 0 Å². The monoisotopic (exact) mass is 388 g/mol. The van der Waals surface area contributed by atoms with Crippen molar-refractivity contribution in [2.45, 2.75) is 120 Å². The van der Waals surface area contributed by atoms with E-state index in [9.17, 15) is 0 Å². The van der Waals surface area contributed by atoms with E-state index in [4.69, 9.17) is 4.18 Å². The molecular formula is C25H40OS. The van der Waals surface area contributed by atoms with Crippen LogP contribution < -0.4 is 0 Å². The fourth-order valence-electron chi connectivity index (χ4n) is 5.50. The molecule has 0 aliphatic heterocycles. The molecule has 2 heteroatoms. The largest absolute Gasteiger partial charge is 0.314 e. The predicted molar refractivity (Wildman–Crippen MR) is 119 cm³/mol. The van der Waals surface area contributed by atoms with Gasteiger partial charge in [-0.1, -0.05) is 70.9 Å². The second kappa shape index (κ2) is 10.9. The Morgan fingerprint density at radius 3 is 2.11 bits per heavy atom. The zero-order chi connectivity index (χ0) is 19.1. The molecule has 0 aromatic heterocycles. The third-order valence-corrected chi connectivity index (χ3v) is 7.83. The lowest BCUT2D eigenvalue weighted by Gasteiger charge is -2.30. The molecule has 1 aromatic carbocycles. The molecule has 0 spiro atoms. The lowest BCUT2D eigenvalue weighted by atomic mass is 9.77. The molecule has 1 aromatic rings. The molecule has 1 atom stereocenters. The van der Waals surface area contributed by atoms with Gasteiger partial charge in [-0.3, -0.25) is 0 Å². The highest BCUT2D eigenvalue weighted by Crippen LogP contribution is 2.45. The van der Waals surface area contributed by atoms with Gasteiger partial charge in [-0.15, -0.1) is 0 Å². The van der Waals surface area contributed by atoms with Crippen LogP contribution in [0, 0.1) is 0 Å². The molecule has 1 unspecified atom stereocenters. The van der Waals surface area contributed by atoms with E-state index in [1.807, 2.05) is 7.11 Å². The van der Waals surface area contributed by atoms with Crippen LogP contribution in [-0.2, 0) is 4.18 Å². The van der Waals surface area contributed by atoms with E-state index in [-0.39, 0.29) is 0 Å². The molecule has 1 nitrogen and oxygen atoms in total. The molecule has 0 N–H and O–H groups in total. The summed E-state index contributed by atoms with van der Waals surface area (Å²) in [4.78, 5) is 1.48. The van der Waals surface area contributed by atoms with Crippen LogP contribution in [0.5, 0.6) is 0 Å². The summed E-state index contributed by atoms with van der Waals surface area (Å²) in [6, 6.07) is 5.23. The van der Waals surface area contributed by atoms with Crippen molar-refractivity contribution < 1.29 is 4.18 Å². The molecule has 2 aliphatic rings. The van der Waals surface area contributed by atoms with E-state index in [1.54, 1.807) is 28.7 Å². The van der Waals surface area contributed by atoms with Crippen LogP contribution in [0.2, 0.25) is 0 Å². The fraction of sp³-hybridized carbons (Fsp3) is 0.760. The predicted octanol–water partition coefficient (Wildman–Crippen LogP) is 8.73. The Balaban J connectivity index is 2.06. The van der Waals surface area contributed by atoms with E-state index in [2.05, 4.69) is 26.0 Å². The van der Waals surface area contributed by atoms with E-state index < -0.39 is 0 Å². The van der Waals surface area contributed by atoms with Crippen molar-refractivity contribution in [2.75, 3.05) is 7.11 Å². The number of hydrogen-bond donors (Lipinski definition) is 0. The Labute approximate surface area is 172 Å². The minimum absolute atomic E-state index is 0.679. The third-order valence-electron chi connectivity index (χ3n) is 7.03. The van der Waals surface area contributed by atoms with Gasteiger partial charge in [-0.2, -0.15) is 0 Å². The molecule has 0 radical (unpaired) electrons. The van der Waals surface area contributed by atoms with Gasteiger partial charge in [0, 0.05) is 16.9 Å². The zero-order valence-electron chi connectivity index (χ0n) is 17.9. The average molecular weight is 389 g/mol. The second-order valence-electron chi connectivity index (χ2n) is 8.84. The first-order valence-electron chi connectivity index (χ1n) is 11.7. The summed E-state index contributed by atoms with van der Waals surface area (Å²) in [5.74, 6) is 2.22. The Kier molecular flexibility index (Phi) is 8.58. The van der Waals surface area contributed by atoms with Gasteiger partial charge in [0.05, 0.1) is 7.11 Å².